The maximum atomic E-state index is 14.1. The van der Waals surface area contributed by atoms with Gasteiger partial charge in [0.15, 0.2) is 0 Å². The van der Waals surface area contributed by atoms with Crippen molar-refractivity contribution in [3.63, 3.8) is 0 Å². The topological polar surface area (TPSA) is 35.2 Å². The van der Waals surface area contributed by atoms with Gasteiger partial charge in [-0.15, -0.1) is 0 Å². The zero-order valence-corrected chi connectivity index (χ0v) is 13.3. The summed E-state index contributed by atoms with van der Waals surface area (Å²) in [7, 11) is 1.61. The maximum Gasteiger partial charge on any atom is 0.129 e. The third-order valence-corrected chi connectivity index (χ3v) is 4.04. The van der Waals surface area contributed by atoms with Crippen LogP contribution in [0.3, 0.4) is 0 Å². The molecule has 0 saturated heterocycles. The lowest BCUT2D eigenvalue weighted by atomic mass is 9.94. The van der Waals surface area contributed by atoms with Crippen LogP contribution in [-0.4, -0.2) is 7.11 Å². The van der Waals surface area contributed by atoms with E-state index in [2.05, 4.69) is 15.9 Å². The number of ether oxygens (including phenoxy) is 1. The van der Waals surface area contributed by atoms with Crippen LogP contribution < -0.4 is 10.5 Å². The molecule has 2 nitrogen and oxygen atoms in total. The van der Waals surface area contributed by atoms with Crippen molar-refractivity contribution in [3.8, 4) is 5.75 Å². The Kier molecular flexibility index (Phi) is 4.45. The molecule has 1 atom stereocenters. The summed E-state index contributed by atoms with van der Waals surface area (Å²) in [5.74, 6) is 0.395. The van der Waals surface area contributed by atoms with Gasteiger partial charge in [-0.3, -0.25) is 0 Å². The standard InChI is InChI=1S/C16H17BrFNO/c1-9-4-6-13(16(20-3)10(9)2)15(19)12-7-5-11(17)8-14(12)18/h4-8,15H,19H2,1-3H3. The second-order valence-corrected chi connectivity index (χ2v) is 5.69. The third kappa shape index (κ3) is 2.72. The predicted octanol–water partition coefficient (Wildman–Crippen LogP) is 4.26. The van der Waals surface area contributed by atoms with Crippen LogP contribution in [0, 0.1) is 19.7 Å². The lowest BCUT2D eigenvalue weighted by Gasteiger charge is -2.19. The summed E-state index contributed by atoms with van der Waals surface area (Å²) in [6.07, 6.45) is 0. The van der Waals surface area contributed by atoms with E-state index in [9.17, 15) is 4.39 Å². The van der Waals surface area contributed by atoms with E-state index < -0.39 is 6.04 Å². The van der Waals surface area contributed by atoms with Crippen molar-refractivity contribution in [2.75, 3.05) is 7.11 Å². The molecule has 2 aromatic carbocycles. The van der Waals surface area contributed by atoms with Gasteiger partial charge in [0.05, 0.1) is 13.2 Å². The van der Waals surface area contributed by atoms with Crippen LogP contribution in [0.1, 0.15) is 28.3 Å². The number of aryl methyl sites for hydroxylation is 1. The quantitative estimate of drug-likeness (QED) is 0.907. The van der Waals surface area contributed by atoms with E-state index in [1.54, 1.807) is 19.2 Å². The van der Waals surface area contributed by atoms with Gasteiger partial charge in [0, 0.05) is 15.6 Å². The first-order valence-corrected chi connectivity index (χ1v) is 7.09. The minimum Gasteiger partial charge on any atom is -0.496 e. The maximum absolute atomic E-state index is 14.1. The second-order valence-electron chi connectivity index (χ2n) is 4.77. The smallest absolute Gasteiger partial charge is 0.129 e. The molecule has 0 aromatic heterocycles. The zero-order valence-electron chi connectivity index (χ0n) is 11.7. The Hall–Kier alpha value is -1.39. The Balaban J connectivity index is 2.53. The fourth-order valence-electron chi connectivity index (χ4n) is 2.25. The van der Waals surface area contributed by atoms with Crippen LogP contribution in [0.25, 0.3) is 0 Å². The van der Waals surface area contributed by atoms with E-state index in [1.807, 2.05) is 26.0 Å². The number of nitrogens with two attached hydrogens (primary N) is 1. The van der Waals surface area contributed by atoms with Crippen molar-refractivity contribution >= 4 is 15.9 Å². The summed E-state index contributed by atoms with van der Waals surface area (Å²) in [5, 5.41) is 0. The molecule has 2 N–H and O–H groups in total. The number of rotatable bonds is 3. The molecule has 2 aromatic rings. The molecule has 106 valence electrons. The zero-order chi connectivity index (χ0) is 14.9. The summed E-state index contributed by atoms with van der Waals surface area (Å²) < 4.78 is 20.2. The van der Waals surface area contributed by atoms with Gasteiger partial charge < -0.3 is 10.5 Å². The summed E-state index contributed by atoms with van der Waals surface area (Å²) in [4.78, 5) is 0. The highest BCUT2D eigenvalue weighted by atomic mass is 79.9. The average Bonchev–Trinajstić information content (AvgIpc) is 2.41. The van der Waals surface area contributed by atoms with Gasteiger partial charge in [0.25, 0.3) is 0 Å². The lowest BCUT2D eigenvalue weighted by Crippen LogP contribution is -2.15. The van der Waals surface area contributed by atoms with Crippen LogP contribution in [0.4, 0.5) is 4.39 Å². The summed E-state index contributed by atoms with van der Waals surface area (Å²) >= 11 is 3.25. The fourth-order valence-corrected chi connectivity index (χ4v) is 2.58. The highest BCUT2D eigenvalue weighted by Crippen LogP contribution is 2.34. The van der Waals surface area contributed by atoms with Crippen molar-refractivity contribution < 1.29 is 9.13 Å². The first-order chi connectivity index (χ1) is 9.45. The molecule has 20 heavy (non-hydrogen) atoms. The van der Waals surface area contributed by atoms with Gasteiger partial charge in [-0.2, -0.15) is 0 Å². The van der Waals surface area contributed by atoms with E-state index in [0.29, 0.717) is 10.0 Å². The molecule has 0 heterocycles. The molecule has 4 heteroatoms. The minimum absolute atomic E-state index is 0.327. The van der Waals surface area contributed by atoms with E-state index in [0.717, 1.165) is 22.4 Å². The predicted molar refractivity (Wildman–Crippen MR) is 82.6 cm³/mol. The Bertz CT molecular complexity index is 643. The molecule has 0 aliphatic heterocycles. The van der Waals surface area contributed by atoms with Gasteiger partial charge in [0.1, 0.15) is 11.6 Å². The number of benzene rings is 2. The average molecular weight is 338 g/mol. The second kappa shape index (κ2) is 5.94. The molecule has 0 bridgehead atoms. The van der Waals surface area contributed by atoms with Gasteiger partial charge in [0.2, 0.25) is 0 Å². The molecule has 0 fully saturated rings. The van der Waals surface area contributed by atoms with Crippen molar-refractivity contribution in [3.05, 3.63) is 62.9 Å². The largest absolute Gasteiger partial charge is 0.496 e. The molecule has 0 aliphatic rings. The van der Waals surface area contributed by atoms with Crippen LogP contribution in [0.15, 0.2) is 34.8 Å². The van der Waals surface area contributed by atoms with E-state index in [1.165, 1.54) is 6.07 Å². The highest BCUT2D eigenvalue weighted by molar-refractivity contribution is 9.10. The third-order valence-electron chi connectivity index (χ3n) is 3.54. The lowest BCUT2D eigenvalue weighted by molar-refractivity contribution is 0.404. The Morgan fingerprint density at radius 3 is 2.40 bits per heavy atom. The van der Waals surface area contributed by atoms with Crippen LogP contribution in [-0.2, 0) is 0 Å². The van der Waals surface area contributed by atoms with Crippen molar-refractivity contribution in [1.29, 1.82) is 0 Å². The summed E-state index contributed by atoms with van der Waals surface area (Å²) in [6, 6.07) is 8.21. The van der Waals surface area contributed by atoms with Gasteiger partial charge in [-0.1, -0.05) is 34.1 Å². The van der Waals surface area contributed by atoms with Gasteiger partial charge in [-0.05, 0) is 37.1 Å². The minimum atomic E-state index is -0.558. The SMILES string of the molecule is COc1c(C(N)c2ccc(Br)cc2F)ccc(C)c1C. The monoisotopic (exact) mass is 337 g/mol. The van der Waals surface area contributed by atoms with Crippen LogP contribution in [0.5, 0.6) is 5.75 Å². The molecule has 0 radical (unpaired) electrons. The fraction of sp³-hybridized carbons (Fsp3) is 0.250. The van der Waals surface area contributed by atoms with E-state index in [4.69, 9.17) is 10.5 Å². The van der Waals surface area contributed by atoms with Crippen LogP contribution >= 0.6 is 15.9 Å². The number of methoxy groups -OCH3 is 1. The summed E-state index contributed by atoms with van der Waals surface area (Å²) in [5.41, 5.74) is 9.61. The Morgan fingerprint density at radius 2 is 1.80 bits per heavy atom. The van der Waals surface area contributed by atoms with E-state index in [-0.39, 0.29) is 5.82 Å². The number of hydrogen-bond donors (Lipinski definition) is 1. The Labute approximate surface area is 126 Å². The van der Waals surface area contributed by atoms with Crippen molar-refractivity contribution in [1.82, 2.24) is 0 Å². The van der Waals surface area contributed by atoms with Gasteiger partial charge in [-0.25, -0.2) is 4.39 Å². The van der Waals surface area contributed by atoms with Crippen LogP contribution in [0.2, 0.25) is 0 Å². The molecule has 2 rings (SSSR count). The van der Waals surface area contributed by atoms with E-state index >= 15 is 0 Å². The molecule has 0 spiro atoms. The van der Waals surface area contributed by atoms with Crippen molar-refractivity contribution in [2.45, 2.75) is 19.9 Å². The molecule has 0 saturated carbocycles. The molecule has 0 aliphatic carbocycles. The molecule has 0 amide bonds. The molecular formula is C16H17BrFNO. The first kappa shape index (κ1) is 15.0. The normalized spacial score (nSPS) is 12.3. The van der Waals surface area contributed by atoms with Gasteiger partial charge >= 0.3 is 0 Å². The Morgan fingerprint density at radius 1 is 1.15 bits per heavy atom. The highest BCUT2D eigenvalue weighted by Gasteiger charge is 2.19. The first-order valence-electron chi connectivity index (χ1n) is 6.30. The summed E-state index contributed by atoms with van der Waals surface area (Å²) in [6.45, 7) is 3.98. The number of halogens is 2. The molecular weight excluding hydrogens is 321 g/mol. The van der Waals surface area contributed by atoms with Crippen molar-refractivity contribution in [2.24, 2.45) is 5.73 Å². The number of hydrogen-bond acceptors (Lipinski definition) is 2. The molecule has 1 unspecified atom stereocenters.